The number of thioether (sulfide) groups is 2. The Morgan fingerprint density at radius 3 is 2.61 bits per heavy atom. The Hall–Kier alpha value is -0.910. The topological polar surface area (TPSA) is 90.5 Å². The number of nitrogens with one attached hydrogen (secondary N) is 1. The van der Waals surface area contributed by atoms with Crippen molar-refractivity contribution in [3.05, 3.63) is 0 Å². The van der Waals surface area contributed by atoms with Crippen LogP contribution < -0.4 is 0 Å². The van der Waals surface area contributed by atoms with Crippen molar-refractivity contribution in [3.8, 4) is 6.07 Å². The van der Waals surface area contributed by atoms with Crippen LogP contribution in [0.1, 0.15) is 13.8 Å². The fourth-order valence-corrected chi connectivity index (χ4v) is 3.89. The normalized spacial score (nSPS) is 11.8. The number of aromatic nitrogens is 2. The predicted molar refractivity (Wildman–Crippen MR) is 74.5 cm³/mol. The van der Waals surface area contributed by atoms with E-state index in [2.05, 4.69) is 10.2 Å². The molecule has 1 aromatic heterocycles. The SMILES string of the molecule is CCSc1nnc(SCC(=O)[C@@H](C#N)C(C)=N)s1. The van der Waals surface area contributed by atoms with Crippen LogP contribution in [-0.4, -0.2) is 33.2 Å². The molecule has 0 radical (unpaired) electrons. The maximum atomic E-state index is 11.7. The van der Waals surface area contributed by atoms with Crippen LogP contribution in [0.15, 0.2) is 8.68 Å². The molecular formula is C10H12N4OS3. The molecule has 1 rings (SSSR count). The van der Waals surface area contributed by atoms with E-state index in [1.165, 1.54) is 30.0 Å². The number of rotatable bonds is 7. The number of nitriles is 1. The molecule has 0 aliphatic heterocycles. The van der Waals surface area contributed by atoms with Crippen molar-refractivity contribution in [1.82, 2.24) is 10.2 Å². The van der Waals surface area contributed by atoms with Gasteiger partial charge in [0.25, 0.3) is 0 Å². The van der Waals surface area contributed by atoms with Crippen LogP contribution in [0.2, 0.25) is 0 Å². The van der Waals surface area contributed by atoms with Gasteiger partial charge < -0.3 is 5.41 Å². The van der Waals surface area contributed by atoms with Crippen molar-refractivity contribution in [2.45, 2.75) is 22.5 Å². The van der Waals surface area contributed by atoms with Crippen molar-refractivity contribution in [1.29, 1.82) is 10.7 Å². The smallest absolute Gasteiger partial charge is 0.175 e. The van der Waals surface area contributed by atoms with Crippen LogP contribution in [0.3, 0.4) is 0 Å². The second-order valence-corrected chi connectivity index (χ2v) is 6.98. The average Bonchev–Trinajstić information content (AvgIpc) is 2.75. The molecule has 1 aromatic rings. The van der Waals surface area contributed by atoms with Gasteiger partial charge in [0.05, 0.1) is 11.8 Å². The standard InChI is InChI=1S/C10H12N4OS3/c1-3-16-9-13-14-10(18-9)17-5-8(15)7(4-11)6(2)12/h7,12H,3,5H2,1-2H3/t7-/m0/s1. The van der Waals surface area contributed by atoms with Crippen molar-refractivity contribution in [2.75, 3.05) is 11.5 Å². The summed E-state index contributed by atoms with van der Waals surface area (Å²) in [5.41, 5.74) is 0.0857. The summed E-state index contributed by atoms with van der Waals surface area (Å²) in [5, 5.41) is 24.1. The molecule has 0 aliphatic carbocycles. The Bertz CT molecular complexity index is 480. The van der Waals surface area contributed by atoms with Crippen molar-refractivity contribution in [2.24, 2.45) is 5.92 Å². The average molecular weight is 300 g/mol. The van der Waals surface area contributed by atoms with E-state index in [0.717, 1.165) is 14.4 Å². The molecule has 0 bridgehead atoms. The molecule has 18 heavy (non-hydrogen) atoms. The summed E-state index contributed by atoms with van der Waals surface area (Å²) < 4.78 is 1.60. The molecule has 0 aromatic carbocycles. The van der Waals surface area contributed by atoms with Gasteiger partial charge in [-0.2, -0.15) is 5.26 Å². The first-order valence-electron chi connectivity index (χ1n) is 5.15. The summed E-state index contributed by atoms with van der Waals surface area (Å²) in [5.74, 6) is -0.105. The fourth-order valence-electron chi connectivity index (χ4n) is 1.06. The maximum Gasteiger partial charge on any atom is 0.175 e. The second-order valence-electron chi connectivity index (χ2n) is 3.27. The number of hydrogen-bond acceptors (Lipinski definition) is 8. The Morgan fingerprint density at radius 1 is 1.50 bits per heavy atom. The molecule has 5 nitrogen and oxygen atoms in total. The monoisotopic (exact) mass is 300 g/mol. The van der Waals surface area contributed by atoms with Crippen LogP contribution in [0.25, 0.3) is 0 Å². The van der Waals surface area contributed by atoms with Crippen molar-refractivity contribution in [3.63, 3.8) is 0 Å². The molecular weight excluding hydrogens is 288 g/mol. The molecule has 0 spiro atoms. The predicted octanol–water partition coefficient (Wildman–Crippen LogP) is 2.49. The van der Waals surface area contributed by atoms with E-state index in [4.69, 9.17) is 10.7 Å². The van der Waals surface area contributed by atoms with Crippen LogP contribution in [0.5, 0.6) is 0 Å². The van der Waals surface area contributed by atoms with Crippen molar-refractivity contribution < 1.29 is 4.79 Å². The third-order valence-corrected chi connectivity index (χ3v) is 4.97. The van der Waals surface area contributed by atoms with E-state index in [0.29, 0.717) is 0 Å². The zero-order valence-corrected chi connectivity index (χ0v) is 12.4. The molecule has 0 unspecified atom stereocenters. The summed E-state index contributed by atoms with van der Waals surface area (Å²) in [6, 6.07) is 1.84. The van der Waals surface area contributed by atoms with Gasteiger partial charge in [-0.3, -0.25) is 4.79 Å². The summed E-state index contributed by atoms with van der Waals surface area (Å²) in [7, 11) is 0. The highest BCUT2D eigenvalue weighted by atomic mass is 32.2. The molecule has 0 aliphatic rings. The van der Waals surface area contributed by atoms with E-state index < -0.39 is 5.92 Å². The lowest BCUT2D eigenvalue weighted by atomic mass is 10.0. The highest BCUT2D eigenvalue weighted by molar-refractivity contribution is 8.03. The Labute approximate surface area is 118 Å². The Balaban J connectivity index is 2.51. The number of Topliss-reactive ketones (excluding diaryl/α,β-unsaturated/α-hetero) is 1. The summed E-state index contributed by atoms with van der Waals surface area (Å²) in [4.78, 5) is 11.7. The van der Waals surface area contributed by atoms with Gasteiger partial charge in [0.1, 0.15) is 5.92 Å². The minimum Gasteiger partial charge on any atom is -0.308 e. The zero-order chi connectivity index (χ0) is 13.5. The highest BCUT2D eigenvalue weighted by Crippen LogP contribution is 2.28. The van der Waals surface area contributed by atoms with E-state index in [1.807, 2.05) is 13.0 Å². The first kappa shape index (κ1) is 15.1. The Morgan fingerprint density at radius 2 is 2.11 bits per heavy atom. The van der Waals surface area contributed by atoms with E-state index in [9.17, 15) is 4.79 Å². The van der Waals surface area contributed by atoms with Crippen LogP contribution >= 0.6 is 34.9 Å². The van der Waals surface area contributed by atoms with Gasteiger partial charge >= 0.3 is 0 Å². The Kier molecular flexibility index (Phi) is 6.32. The lowest BCUT2D eigenvalue weighted by Crippen LogP contribution is -2.21. The number of carbonyl (C=O) groups excluding carboxylic acids is 1. The molecule has 0 fully saturated rings. The summed E-state index contributed by atoms with van der Waals surface area (Å²) in [6.07, 6.45) is 0. The lowest BCUT2D eigenvalue weighted by molar-refractivity contribution is -0.117. The first-order valence-corrected chi connectivity index (χ1v) is 7.93. The molecule has 1 heterocycles. The van der Waals surface area contributed by atoms with Gasteiger partial charge in [-0.25, -0.2) is 0 Å². The minimum atomic E-state index is -0.935. The van der Waals surface area contributed by atoms with Crippen molar-refractivity contribution >= 4 is 46.4 Å². The van der Waals surface area contributed by atoms with Gasteiger partial charge in [-0.15, -0.1) is 10.2 Å². The molecule has 1 atom stereocenters. The van der Waals surface area contributed by atoms with E-state index in [1.54, 1.807) is 11.8 Å². The largest absolute Gasteiger partial charge is 0.308 e. The number of ketones is 1. The fraction of sp³-hybridized carbons (Fsp3) is 0.500. The van der Waals surface area contributed by atoms with Crippen LogP contribution in [0, 0.1) is 22.7 Å². The number of hydrogen-bond donors (Lipinski definition) is 1. The molecule has 0 saturated carbocycles. The van der Waals surface area contributed by atoms with E-state index >= 15 is 0 Å². The van der Waals surface area contributed by atoms with Gasteiger partial charge in [-0.05, 0) is 12.7 Å². The number of carbonyl (C=O) groups is 1. The van der Waals surface area contributed by atoms with Gasteiger partial charge in [-0.1, -0.05) is 41.8 Å². The second kappa shape index (κ2) is 7.51. The molecule has 8 heteroatoms. The molecule has 96 valence electrons. The minimum absolute atomic E-state index is 0.0857. The quantitative estimate of drug-likeness (QED) is 0.614. The van der Waals surface area contributed by atoms with Crippen LogP contribution in [0.4, 0.5) is 0 Å². The zero-order valence-electron chi connectivity index (χ0n) is 9.97. The van der Waals surface area contributed by atoms with Gasteiger partial charge in [0.15, 0.2) is 14.5 Å². The molecule has 0 saturated heterocycles. The number of nitrogens with zero attached hydrogens (tertiary/aromatic N) is 3. The van der Waals surface area contributed by atoms with Gasteiger partial charge in [0.2, 0.25) is 0 Å². The molecule has 1 N–H and O–H groups in total. The first-order chi connectivity index (χ1) is 8.58. The lowest BCUT2D eigenvalue weighted by Gasteiger charge is -2.03. The molecule has 0 amide bonds. The summed E-state index contributed by atoms with van der Waals surface area (Å²) in [6.45, 7) is 3.50. The summed E-state index contributed by atoms with van der Waals surface area (Å²) >= 11 is 4.32. The third kappa shape index (κ3) is 4.40. The maximum absolute atomic E-state index is 11.7. The third-order valence-electron chi connectivity index (χ3n) is 1.88. The highest BCUT2D eigenvalue weighted by Gasteiger charge is 2.20. The van der Waals surface area contributed by atoms with Crippen LogP contribution in [-0.2, 0) is 4.79 Å². The van der Waals surface area contributed by atoms with E-state index in [-0.39, 0.29) is 17.2 Å². The van der Waals surface area contributed by atoms with Gasteiger partial charge in [0, 0.05) is 5.71 Å².